The molecule has 3 aromatic rings. The molecule has 0 spiro atoms. The van der Waals surface area contributed by atoms with Crippen molar-refractivity contribution in [2.24, 2.45) is 0 Å². The number of aryl methyl sites for hydroxylation is 2. The van der Waals surface area contributed by atoms with Gasteiger partial charge in [-0.2, -0.15) is 5.10 Å². The van der Waals surface area contributed by atoms with Gasteiger partial charge in [-0.05, 0) is 39.8 Å². The third-order valence-corrected chi connectivity index (χ3v) is 5.73. The first-order chi connectivity index (χ1) is 11.8. The highest BCUT2D eigenvalue weighted by molar-refractivity contribution is 7.89. The van der Waals surface area contributed by atoms with Crippen molar-refractivity contribution in [1.82, 2.24) is 24.6 Å². The molecule has 132 valence electrons. The van der Waals surface area contributed by atoms with Crippen LogP contribution < -0.4 is 4.72 Å². The van der Waals surface area contributed by atoms with Gasteiger partial charge in [0.05, 0.1) is 6.20 Å². The summed E-state index contributed by atoms with van der Waals surface area (Å²) in [5, 5.41) is 8.03. The van der Waals surface area contributed by atoms with Crippen LogP contribution in [0.2, 0.25) is 0 Å². The summed E-state index contributed by atoms with van der Waals surface area (Å²) in [4.78, 5) is 4.34. The van der Waals surface area contributed by atoms with Crippen LogP contribution >= 0.6 is 0 Å². The first kappa shape index (κ1) is 17.3. The lowest BCUT2D eigenvalue weighted by Crippen LogP contribution is -2.28. The van der Waals surface area contributed by atoms with E-state index >= 15 is 0 Å². The summed E-state index contributed by atoms with van der Waals surface area (Å²) in [6.45, 7) is 6.81. The Bertz CT molecular complexity index is 973. The summed E-state index contributed by atoms with van der Waals surface area (Å²) < 4.78 is 34.6. The lowest BCUT2D eigenvalue weighted by Gasteiger charge is -2.14. The van der Waals surface area contributed by atoms with Gasteiger partial charge in [0.15, 0.2) is 11.6 Å². The van der Waals surface area contributed by atoms with Crippen LogP contribution in [0, 0.1) is 20.8 Å². The first-order valence-corrected chi connectivity index (χ1v) is 9.20. The molecule has 0 radical (unpaired) electrons. The van der Waals surface area contributed by atoms with Gasteiger partial charge in [0.25, 0.3) is 0 Å². The summed E-state index contributed by atoms with van der Waals surface area (Å²) in [6, 6.07) is 5.05. The van der Waals surface area contributed by atoms with Gasteiger partial charge < -0.3 is 4.52 Å². The van der Waals surface area contributed by atoms with Crippen molar-refractivity contribution in [2.45, 2.75) is 38.6 Å². The second kappa shape index (κ2) is 6.41. The van der Waals surface area contributed by atoms with Gasteiger partial charge in [0, 0.05) is 23.5 Å². The Morgan fingerprint density at radius 3 is 2.60 bits per heavy atom. The highest BCUT2D eigenvalue weighted by Crippen LogP contribution is 2.24. The summed E-state index contributed by atoms with van der Waals surface area (Å²) in [5.41, 5.74) is 1.91. The number of rotatable bonds is 5. The number of aromatic nitrogens is 4. The Labute approximate surface area is 145 Å². The summed E-state index contributed by atoms with van der Waals surface area (Å²) in [6.07, 6.45) is 3.32. The Hall–Kier alpha value is -2.52. The molecule has 0 fully saturated rings. The van der Waals surface area contributed by atoms with Crippen molar-refractivity contribution in [1.29, 1.82) is 0 Å². The fourth-order valence-corrected chi connectivity index (χ4v) is 4.32. The maximum Gasteiger partial charge on any atom is 0.246 e. The molecule has 3 rings (SSSR count). The van der Waals surface area contributed by atoms with Crippen LogP contribution in [0.15, 0.2) is 40.0 Å². The Morgan fingerprint density at radius 1 is 1.24 bits per heavy atom. The van der Waals surface area contributed by atoms with Crippen LogP contribution in [0.5, 0.6) is 0 Å². The quantitative estimate of drug-likeness (QED) is 0.747. The summed E-state index contributed by atoms with van der Waals surface area (Å²) in [7, 11) is -3.76. The topological polar surface area (TPSA) is 103 Å². The molecule has 0 saturated carbocycles. The van der Waals surface area contributed by atoms with Crippen LogP contribution in [-0.2, 0) is 10.0 Å². The molecule has 0 aliphatic rings. The van der Waals surface area contributed by atoms with Crippen molar-refractivity contribution >= 4 is 10.0 Å². The summed E-state index contributed by atoms with van der Waals surface area (Å²) >= 11 is 0. The zero-order chi connectivity index (χ0) is 18.2. The minimum absolute atomic E-state index is 0.0779. The van der Waals surface area contributed by atoms with E-state index in [1.807, 2.05) is 25.1 Å². The smallest absolute Gasteiger partial charge is 0.246 e. The lowest BCUT2D eigenvalue weighted by atomic mass is 10.1. The van der Waals surface area contributed by atoms with Crippen molar-refractivity contribution in [2.75, 3.05) is 0 Å². The molecule has 0 bridgehead atoms. The lowest BCUT2D eigenvalue weighted by molar-refractivity contribution is 0.390. The third-order valence-electron chi connectivity index (χ3n) is 3.95. The van der Waals surface area contributed by atoms with Crippen molar-refractivity contribution in [3.8, 4) is 5.82 Å². The molecule has 1 atom stereocenters. The average Bonchev–Trinajstić information content (AvgIpc) is 3.10. The van der Waals surface area contributed by atoms with Gasteiger partial charge in [-0.1, -0.05) is 11.2 Å². The minimum Gasteiger partial charge on any atom is -0.360 e. The number of nitrogens with one attached hydrogen (secondary N) is 1. The standard InChI is InChI=1S/C16H19N5O3S/c1-10(20-25(22,23)16-11(2)19-24-13(16)4)14-9-18-21(12(14)3)15-7-5-6-8-17-15/h5-10,20H,1-4H3. The Kier molecular flexibility index (Phi) is 4.44. The van der Waals surface area contributed by atoms with E-state index in [4.69, 9.17) is 4.52 Å². The van der Waals surface area contributed by atoms with E-state index in [1.54, 1.807) is 37.8 Å². The predicted molar refractivity (Wildman–Crippen MR) is 90.8 cm³/mol. The molecule has 3 heterocycles. The molecule has 8 nitrogen and oxygen atoms in total. The molecule has 0 saturated heterocycles. The molecule has 1 N–H and O–H groups in total. The van der Waals surface area contributed by atoms with E-state index in [1.165, 1.54) is 0 Å². The minimum atomic E-state index is -3.76. The van der Waals surface area contributed by atoms with Gasteiger partial charge in [-0.15, -0.1) is 0 Å². The van der Waals surface area contributed by atoms with E-state index < -0.39 is 16.1 Å². The second-order valence-corrected chi connectivity index (χ2v) is 7.43. The van der Waals surface area contributed by atoms with Gasteiger partial charge in [-0.25, -0.2) is 22.8 Å². The Morgan fingerprint density at radius 2 is 2.00 bits per heavy atom. The van der Waals surface area contributed by atoms with Gasteiger partial charge in [-0.3, -0.25) is 0 Å². The fraction of sp³-hybridized carbons (Fsp3) is 0.312. The van der Waals surface area contributed by atoms with E-state index in [-0.39, 0.29) is 10.7 Å². The van der Waals surface area contributed by atoms with Crippen LogP contribution in [0.1, 0.15) is 35.7 Å². The number of nitrogens with zero attached hydrogens (tertiary/aromatic N) is 4. The molecular formula is C16H19N5O3S. The van der Waals surface area contributed by atoms with Crippen molar-refractivity contribution in [3.05, 3.63) is 53.3 Å². The van der Waals surface area contributed by atoms with Crippen LogP contribution in [0.4, 0.5) is 0 Å². The Balaban J connectivity index is 1.90. The van der Waals surface area contributed by atoms with E-state index in [0.29, 0.717) is 11.5 Å². The highest BCUT2D eigenvalue weighted by Gasteiger charge is 2.27. The van der Waals surface area contributed by atoms with Gasteiger partial charge in [0.2, 0.25) is 10.0 Å². The second-order valence-electron chi connectivity index (χ2n) is 5.78. The molecule has 25 heavy (non-hydrogen) atoms. The molecule has 9 heteroatoms. The van der Waals surface area contributed by atoms with Crippen LogP contribution in [0.3, 0.4) is 0 Å². The third kappa shape index (κ3) is 3.20. The molecule has 0 aromatic carbocycles. The largest absolute Gasteiger partial charge is 0.360 e. The van der Waals surface area contributed by atoms with Crippen molar-refractivity contribution in [3.63, 3.8) is 0 Å². The van der Waals surface area contributed by atoms with Crippen LogP contribution in [-0.4, -0.2) is 28.3 Å². The number of sulfonamides is 1. The first-order valence-electron chi connectivity index (χ1n) is 7.72. The average molecular weight is 361 g/mol. The molecule has 0 aliphatic heterocycles. The van der Waals surface area contributed by atoms with E-state index in [2.05, 4.69) is 20.0 Å². The van der Waals surface area contributed by atoms with Crippen LogP contribution in [0.25, 0.3) is 5.82 Å². The predicted octanol–water partition coefficient (Wildman–Crippen LogP) is 2.22. The SMILES string of the molecule is Cc1noc(C)c1S(=O)(=O)NC(C)c1cnn(-c2ccccn2)c1C. The maximum atomic E-state index is 12.7. The molecular weight excluding hydrogens is 342 g/mol. The molecule has 1 unspecified atom stereocenters. The van der Waals surface area contributed by atoms with Gasteiger partial charge in [0.1, 0.15) is 10.6 Å². The van der Waals surface area contributed by atoms with Gasteiger partial charge >= 0.3 is 0 Å². The monoisotopic (exact) mass is 361 g/mol. The number of pyridine rings is 1. The summed E-state index contributed by atoms with van der Waals surface area (Å²) in [5.74, 6) is 0.935. The number of hydrogen-bond donors (Lipinski definition) is 1. The molecule has 3 aromatic heterocycles. The van der Waals surface area contributed by atoms with Crippen molar-refractivity contribution < 1.29 is 12.9 Å². The maximum absolute atomic E-state index is 12.7. The zero-order valence-corrected chi connectivity index (χ0v) is 15.2. The van der Waals surface area contributed by atoms with E-state index in [0.717, 1.165) is 11.3 Å². The van der Waals surface area contributed by atoms with E-state index in [9.17, 15) is 8.42 Å². The molecule has 0 amide bonds. The zero-order valence-electron chi connectivity index (χ0n) is 14.4. The fourth-order valence-electron chi connectivity index (χ4n) is 2.77. The number of hydrogen-bond acceptors (Lipinski definition) is 6. The molecule has 0 aliphatic carbocycles. The highest BCUT2D eigenvalue weighted by atomic mass is 32.2. The normalized spacial score (nSPS) is 13.1.